The monoisotopic (exact) mass is 512 g/mol. The Bertz CT molecular complexity index is 1240. The number of anilines is 1. The number of hydrogen-bond acceptors (Lipinski definition) is 6. The molecule has 1 saturated heterocycles. The van der Waals surface area contributed by atoms with Gasteiger partial charge in [0.15, 0.2) is 5.82 Å². The molecular weight excluding hydrogens is 487 g/mol. The van der Waals surface area contributed by atoms with Crippen molar-refractivity contribution in [3.63, 3.8) is 0 Å². The lowest BCUT2D eigenvalue weighted by molar-refractivity contribution is -0.136. The van der Waals surface area contributed by atoms with Gasteiger partial charge in [0, 0.05) is 50.7 Å². The molecule has 2 aliphatic heterocycles. The average Bonchev–Trinajstić information content (AvgIpc) is 3.55. The fourth-order valence-corrected chi connectivity index (χ4v) is 5.32. The van der Waals surface area contributed by atoms with Gasteiger partial charge in [0.1, 0.15) is 18.1 Å². The number of nitrogens with zero attached hydrogens (tertiary/aromatic N) is 5. The number of alkyl halides is 5. The minimum Gasteiger partial charge on any atom is -0.382 e. The van der Waals surface area contributed by atoms with Crippen LogP contribution in [0.5, 0.6) is 0 Å². The minimum atomic E-state index is -4.67. The summed E-state index contributed by atoms with van der Waals surface area (Å²) in [4.78, 5) is 20.0. The van der Waals surface area contributed by atoms with Gasteiger partial charge in [-0.2, -0.15) is 18.3 Å². The van der Waals surface area contributed by atoms with Crippen molar-refractivity contribution in [2.75, 3.05) is 25.9 Å². The first-order valence-electron chi connectivity index (χ1n) is 11.5. The Hall–Kier alpha value is -3.22. The lowest BCUT2D eigenvalue weighted by Gasteiger charge is -2.35. The first-order chi connectivity index (χ1) is 17.0. The molecule has 2 aromatic heterocycles. The Labute approximate surface area is 203 Å². The van der Waals surface area contributed by atoms with Gasteiger partial charge in [-0.25, -0.2) is 18.3 Å². The van der Waals surface area contributed by atoms with E-state index in [-0.39, 0.29) is 41.8 Å². The number of allylic oxidation sites excluding steroid dienone is 2. The summed E-state index contributed by atoms with van der Waals surface area (Å²) >= 11 is 0. The summed E-state index contributed by atoms with van der Waals surface area (Å²) in [6, 6.07) is 0.765. The lowest BCUT2D eigenvalue weighted by Crippen LogP contribution is -2.43. The van der Waals surface area contributed by atoms with Crippen LogP contribution in [-0.2, 0) is 15.7 Å². The zero-order valence-electron chi connectivity index (χ0n) is 19.4. The third kappa shape index (κ3) is 4.29. The van der Waals surface area contributed by atoms with E-state index in [0.717, 1.165) is 16.9 Å². The smallest absolute Gasteiger partial charge is 0.382 e. The number of carbonyl (C=O) groups is 1. The second-order valence-electron chi connectivity index (χ2n) is 9.39. The summed E-state index contributed by atoms with van der Waals surface area (Å²) in [5.74, 6) is -4.07. The van der Waals surface area contributed by atoms with Crippen molar-refractivity contribution in [3.05, 3.63) is 42.0 Å². The van der Waals surface area contributed by atoms with Crippen LogP contribution in [0, 0.1) is 5.92 Å². The summed E-state index contributed by atoms with van der Waals surface area (Å²) in [5.41, 5.74) is 5.08. The molecule has 2 aromatic rings. The van der Waals surface area contributed by atoms with Crippen LogP contribution in [0.3, 0.4) is 0 Å². The molecule has 0 aromatic carbocycles. The second-order valence-corrected chi connectivity index (χ2v) is 9.39. The Morgan fingerprint density at radius 2 is 2.06 bits per heavy atom. The molecular formula is C23H25F5N6O2. The summed E-state index contributed by atoms with van der Waals surface area (Å²) in [6.45, 7) is 0.706. The molecule has 1 aliphatic carbocycles. The van der Waals surface area contributed by atoms with E-state index < -0.39 is 36.2 Å². The quantitative estimate of drug-likeness (QED) is 0.631. The Morgan fingerprint density at radius 1 is 1.28 bits per heavy atom. The van der Waals surface area contributed by atoms with Crippen molar-refractivity contribution >= 4 is 22.8 Å². The lowest BCUT2D eigenvalue weighted by atomic mass is 10.1. The SMILES string of the molecule is COC1C=CC(c2cc(C(F)(F)F)c3c(N)ncnn23)=CN1[C@H]1CCN(C(=O)C2CCC(F)(F)C2)C1. The largest absolute Gasteiger partial charge is 0.418 e. The highest BCUT2D eigenvalue weighted by Crippen LogP contribution is 2.41. The van der Waals surface area contributed by atoms with Crippen LogP contribution in [0.4, 0.5) is 27.8 Å². The molecule has 3 atom stereocenters. The zero-order valence-corrected chi connectivity index (χ0v) is 19.4. The Balaban J connectivity index is 1.43. The number of hydrogen-bond donors (Lipinski definition) is 1. The summed E-state index contributed by atoms with van der Waals surface area (Å²) in [6.07, 6.45) is 0.933. The topological polar surface area (TPSA) is 89.0 Å². The van der Waals surface area contributed by atoms with Gasteiger partial charge in [0.25, 0.3) is 0 Å². The van der Waals surface area contributed by atoms with Gasteiger partial charge in [-0.1, -0.05) is 6.08 Å². The number of methoxy groups -OCH3 is 1. The van der Waals surface area contributed by atoms with E-state index in [9.17, 15) is 26.7 Å². The molecule has 0 spiro atoms. The molecule has 2 N–H and O–H groups in total. The predicted octanol–water partition coefficient (Wildman–Crippen LogP) is 3.55. The standard InChI is InChI=1S/C23H25F5N6O2/c1-36-18-3-2-14(17-8-16(23(26,27)28)19-20(29)30-12-31-34(17)19)10-33(18)15-5-7-32(11-15)21(35)13-4-6-22(24,25)9-13/h2-3,8,10,12-13,15,18H,4-7,9,11H2,1H3,(H2,29,30,31)/t13?,15-,18?/m0/s1. The van der Waals surface area contributed by atoms with E-state index in [0.29, 0.717) is 25.1 Å². The Morgan fingerprint density at radius 3 is 2.72 bits per heavy atom. The maximum Gasteiger partial charge on any atom is 0.418 e. The third-order valence-corrected chi connectivity index (χ3v) is 7.10. The molecule has 8 nitrogen and oxygen atoms in total. The van der Waals surface area contributed by atoms with Crippen LogP contribution in [-0.4, -0.2) is 68.7 Å². The van der Waals surface area contributed by atoms with Gasteiger partial charge in [-0.05, 0) is 25.0 Å². The van der Waals surface area contributed by atoms with Crippen LogP contribution in [0.2, 0.25) is 0 Å². The molecule has 1 amide bonds. The number of carbonyl (C=O) groups excluding carboxylic acids is 1. The van der Waals surface area contributed by atoms with Crippen LogP contribution < -0.4 is 5.73 Å². The fraction of sp³-hybridized carbons (Fsp3) is 0.522. The maximum absolute atomic E-state index is 13.7. The highest BCUT2D eigenvalue weighted by atomic mass is 19.4. The number of nitrogens with two attached hydrogens (primary N) is 1. The molecule has 1 saturated carbocycles. The van der Waals surface area contributed by atoms with E-state index >= 15 is 0 Å². The number of fused-ring (bicyclic) bond motifs is 1. The van der Waals surface area contributed by atoms with Gasteiger partial charge >= 0.3 is 6.18 Å². The number of nitrogen functional groups attached to an aromatic ring is 1. The van der Waals surface area contributed by atoms with Crippen molar-refractivity contribution in [2.24, 2.45) is 5.92 Å². The minimum absolute atomic E-state index is 0.165. The summed E-state index contributed by atoms with van der Waals surface area (Å²) in [7, 11) is 1.50. The maximum atomic E-state index is 13.7. The first-order valence-corrected chi connectivity index (χ1v) is 11.5. The van der Waals surface area contributed by atoms with E-state index in [1.165, 1.54) is 7.11 Å². The first kappa shape index (κ1) is 24.5. The van der Waals surface area contributed by atoms with Crippen molar-refractivity contribution in [1.29, 1.82) is 0 Å². The van der Waals surface area contributed by atoms with E-state index in [1.807, 2.05) is 4.90 Å². The number of halogens is 5. The molecule has 13 heteroatoms. The molecule has 0 radical (unpaired) electrons. The molecule has 0 bridgehead atoms. The van der Waals surface area contributed by atoms with Gasteiger partial charge in [-0.3, -0.25) is 4.79 Å². The van der Waals surface area contributed by atoms with Crippen LogP contribution in [0.15, 0.2) is 30.7 Å². The molecule has 3 aliphatic rings. The van der Waals surface area contributed by atoms with Crippen LogP contribution in [0.1, 0.15) is 36.9 Å². The summed E-state index contributed by atoms with van der Waals surface area (Å²) in [5, 5.41) is 3.99. The number of ether oxygens (including phenoxy) is 1. The average molecular weight is 512 g/mol. The molecule has 5 rings (SSSR count). The van der Waals surface area contributed by atoms with Crippen molar-refractivity contribution in [1.82, 2.24) is 24.4 Å². The van der Waals surface area contributed by atoms with Crippen LogP contribution >= 0.6 is 0 Å². The normalized spacial score (nSPS) is 26.2. The van der Waals surface area contributed by atoms with Gasteiger partial charge in [-0.15, -0.1) is 0 Å². The van der Waals surface area contributed by atoms with Crippen LogP contribution in [0.25, 0.3) is 11.1 Å². The molecule has 36 heavy (non-hydrogen) atoms. The molecule has 2 fully saturated rings. The van der Waals surface area contributed by atoms with Crippen molar-refractivity contribution < 1.29 is 31.5 Å². The highest BCUT2D eigenvalue weighted by molar-refractivity contribution is 5.81. The van der Waals surface area contributed by atoms with E-state index in [1.54, 1.807) is 23.3 Å². The van der Waals surface area contributed by atoms with Crippen molar-refractivity contribution in [3.8, 4) is 0 Å². The number of likely N-dealkylation sites (tertiary alicyclic amines) is 1. The highest BCUT2D eigenvalue weighted by Gasteiger charge is 2.45. The molecule has 4 heterocycles. The molecule has 2 unspecified atom stereocenters. The van der Waals surface area contributed by atoms with Gasteiger partial charge in [0.2, 0.25) is 11.8 Å². The number of amides is 1. The molecule has 194 valence electrons. The second kappa shape index (κ2) is 8.71. The zero-order chi connectivity index (χ0) is 25.8. The summed E-state index contributed by atoms with van der Waals surface area (Å²) < 4.78 is 75.1. The Kier molecular flexibility index (Phi) is 5.92. The van der Waals surface area contributed by atoms with E-state index in [2.05, 4.69) is 10.1 Å². The van der Waals surface area contributed by atoms with Crippen molar-refractivity contribution in [2.45, 2.75) is 50.1 Å². The third-order valence-electron chi connectivity index (χ3n) is 7.10. The fourth-order valence-electron chi connectivity index (χ4n) is 5.32. The van der Waals surface area contributed by atoms with E-state index in [4.69, 9.17) is 10.5 Å². The van der Waals surface area contributed by atoms with Gasteiger partial charge in [0.05, 0.1) is 17.3 Å². The predicted molar refractivity (Wildman–Crippen MR) is 119 cm³/mol. The van der Waals surface area contributed by atoms with Gasteiger partial charge < -0.3 is 20.3 Å². The number of rotatable bonds is 4. The number of aromatic nitrogens is 3.